The van der Waals surface area contributed by atoms with Crippen LogP contribution in [0.3, 0.4) is 0 Å². The lowest BCUT2D eigenvalue weighted by Gasteiger charge is -2.20. The van der Waals surface area contributed by atoms with Gasteiger partial charge >= 0.3 is 0 Å². The molecule has 1 saturated carbocycles. The number of halogens is 1. The zero-order valence-electron chi connectivity index (χ0n) is 11.5. The highest BCUT2D eigenvalue weighted by Crippen LogP contribution is 2.43. The summed E-state index contributed by atoms with van der Waals surface area (Å²) >= 11 is 5.99. The lowest BCUT2D eigenvalue weighted by atomic mass is 10.0. The minimum Gasteiger partial charge on any atom is -0.378 e. The van der Waals surface area contributed by atoms with Crippen LogP contribution in [-0.4, -0.2) is 10.2 Å². The Morgan fingerprint density at radius 2 is 1.95 bits per heavy atom. The van der Waals surface area contributed by atoms with Gasteiger partial charge in [0, 0.05) is 16.1 Å². The van der Waals surface area contributed by atoms with Crippen LogP contribution in [0.1, 0.15) is 24.4 Å². The fourth-order valence-electron chi connectivity index (χ4n) is 2.78. The summed E-state index contributed by atoms with van der Waals surface area (Å²) in [6.45, 7) is 0. The van der Waals surface area contributed by atoms with E-state index in [9.17, 15) is 0 Å². The van der Waals surface area contributed by atoms with E-state index in [1.165, 1.54) is 18.4 Å². The molecule has 0 amide bonds. The van der Waals surface area contributed by atoms with Gasteiger partial charge in [0.25, 0.3) is 0 Å². The Kier molecular flexibility index (Phi) is 3.08. The predicted octanol–water partition coefficient (Wildman–Crippen LogP) is 4.78. The van der Waals surface area contributed by atoms with Gasteiger partial charge in [-0.3, -0.25) is 5.10 Å². The molecule has 4 heteroatoms. The van der Waals surface area contributed by atoms with Crippen molar-refractivity contribution < 1.29 is 0 Å². The van der Waals surface area contributed by atoms with Crippen molar-refractivity contribution in [3.8, 4) is 0 Å². The van der Waals surface area contributed by atoms with Gasteiger partial charge in [0.1, 0.15) is 0 Å². The molecule has 4 rings (SSSR count). The van der Waals surface area contributed by atoms with E-state index in [1.807, 2.05) is 18.3 Å². The van der Waals surface area contributed by atoms with Gasteiger partial charge in [0.05, 0.1) is 17.8 Å². The first-order valence-corrected chi connectivity index (χ1v) is 7.62. The molecule has 2 N–H and O–H groups in total. The van der Waals surface area contributed by atoms with Gasteiger partial charge in [0.15, 0.2) is 0 Å². The third-order valence-electron chi connectivity index (χ3n) is 4.09. The monoisotopic (exact) mass is 297 g/mol. The molecular weight excluding hydrogens is 282 g/mol. The number of H-pyrrole nitrogens is 1. The van der Waals surface area contributed by atoms with Gasteiger partial charge in [-0.2, -0.15) is 5.10 Å². The molecule has 21 heavy (non-hydrogen) atoms. The topological polar surface area (TPSA) is 40.7 Å². The molecule has 1 fully saturated rings. The normalized spacial score (nSPS) is 16.0. The number of nitrogens with zero attached hydrogens (tertiary/aromatic N) is 1. The fourth-order valence-corrected chi connectivity index (χ4v) is 2.91. The molecule has 3 nitrogen and oxygen atoms in total. The van der Waals surface area contributed by atoms with Crippen molar-refractivity contribution in [2.45, 2.75) is 18.9 Å². The molecule has 3 aromatic rings. The Hall–Kier alpha value is -2.00. The lowest BCUT2D eigenvalue weighted by molar-refractivity contribution is 0.679. The Morgan fingerprint density at radius 3 is 2.71 bits per heavy atom. The zero-order chi connectivity index (χ0) is 14.2. The van der Waals surface area contributed by atoms with Gasteiger partial charge in [-0.1, -0.05) is 23.7 Å². The Morgan fingerprint density at radius 1 is 1.14 bits per heavy atom. The van der Waals surface area contributed by atoms with Gasteiger partial charge in [-0.25, -0.2) is 0 Å². The largest absolute Gasteiger partial charge is 0.378 e. The van der Waals surface area contributed by atoms with E-state index in [2.05, 4.69) is 45.8 Å². The van der Waals surface area contributed by atoms with Crippen LogP contribution in [0.4, 0.5) is 5.69 Å². The molecule has 1 aromatic heterocycles. The first kappa shape index (κ1) is 12.7. The average molecular weight is 298 g/mol. The number of anilines is 1. The molecule has 0 radical (unpaired) electrons. The third-order valence-corrected chi connectivity index (χ3v) is 4.34. The third kappa shape index (κ3) is 2.61. The summed E-state index contributed by atoms with van der Waals surface area (Å²) in [4.78, 5) is 0. The van der Waals surface area contributed by atoms with E-state index in [-0.39, 0.29) is 0 Å². The van der Waals surface area contributed by atoms with Crippen LogP contribution in [-0.2, 0) is 0 Å². The van der Waals surface area contributed by atoms with E-state index >= 15 is 0 Å². The van der Waals surface area contributed by atoms with Crippen molar-refractivity contribution in [2.24, 2.45) is 5.92 Å². The highest BCUT2D eigenvalue weighted by atomic mass is 35.5. The van der Waals surface area contributed by atoms with E-state index in [1.54, 1.807) is 0 Å². The number of rotatable bonds is 4. The van der Waals surface area contributed by atoms with E-state index in [4.69, 9.17) is 11.6 Å². The highest BCUT2D eigenvalue weighted by Gasteiger charge is 2.32. The summed E-state index contributed by atoms with van der Waals surface area (Å²) in [6, 6.07) is 14.8. The molecule has 2 aromatic carbocycles. The first-order chi connectivity index (χ1) is 10.3. The van der Waals surface area contributed by atoms with E-state index < -0.39 is 0 Å². The lowest BCUT2D eigenvalue weighted by Crippen LogP contribution is -2.12. The second kappa shape index (κ2) is 5.08. The average Bonchev–Trinajstić information content (AvgIpc) is 3.23. The summed E-state index contributed by atoms with van der Waals surface area (Å²) in [7, 11) is 0. The first-order valence-electron chi connectivity index (χ1n) is 7.25. The van der Waals surface area contributed by atoms with Crippen molar-refractivity contribution in [1.29, 1.82) is 0 Å². The fraction of sp³-hybridized carbons (Fsp3) is 0.235. The summed E-state index contributed by atoms with van der Waals surface area (Å²) in [5, 5.41) is 12.7. The maximum absolute atomic E-state index is 5.99. The number of benzene rings is 2. The Labute approximate surface area is 128 Å². The molecule has 0 spiro atoms. The quantitative estimate of drug-likeness (QED) is 0.727. The number of aromatic nitrogens is 2. The number of aromatic amines is 1. The van der Waals surface area contributed by atoms with Crippen LogP contribution < -0.4 is 5.32 Å². The summed E-state index contributed by atoms with van der Waals surface area (Å²) in [5.41, 5.74) is 3.48. The van der Waals surface area contributed by atoms with Crippen molar-refractivity contribution >= 4 is 28.2 Å². The number of nitrogens with one attached hydrogen (secondary N) is 2. The smallest absolute Gasteiger partial charge is 0.0670 e. The molecule has 0 bridgehead atoms. The van der Waals surface area contributed by atoms with Crippen LogP contribution in [0, 0.1) is 5.92 Å². The molecule has 1 aliphatic rings. The standard InChI is InChI=1S/C17H16ClN3/c18-14-6-3-12(4-7-14)17(11-1-2-11)20-15-8-5-13-10-19-21-16(13)9-15/h3-11,17,20H,1-2H2,(H,19,21). The van der Waals surface area contributed by atoms with E-state index in [0.717, 1.165) is 21.6 Å². The van der Waals surface area contributed by atoms with Crippen LogP contribution >= 0.6 is 11.6 Å². The predicted molar refractivity (Wildman–Crippen MR) is 86.6 cm³/mol. The van der Waals surface area contributed by atoms with Crippen LogP contribution in [0.2, 0.25) is 5.02 Å². The van der Waals surface area contributed by atoms with Crippen molar-refractivity contribution in [3.05, 3.63) is 59.2 Å². The minimum absolute atomic E-state index is 0.350. The highest BCUT2D eigenvalue weighted by molar-refractivity contribution is 6.30. The Bertz CT molecular complexity index is 759. The summed E-state index contributed by atoms with van der Waals surface area (Å²) in [6.07, 6.45) is 4.41. The molecule has 106 valence electrons. The second-order valence-electron chi connectivity index (χ2n) is 5.68. The number of hydrogen-bond donors (Lipinski definition) is 2. The Balaban J connectivity index is 1.63. The molecule has 1 atom stereocenters. The second-order valence-corrected chi connectivity index (χ2v) is 6.12. The van der Waals surface area contributed by atoms with Gasteiger partial charge in [-0.05, 0) is 54.7 Å². The van der Waals surface area contributed by atoms with Crippen molar-refractivity contribution in [1.82, 2.24) is 10.2 Å². The maximum atomic E-state index is 5.99. The maximum Gasteiger partial charge on any atom is 0.0670 e. The van der Waals surface area contributed by atoms with Crippen LogP contribution in [0.25, 0.3) is 10.9 Å². The molecule has 0 saturated heterocycles. The van der Waals surface area contributed by atoms with Gasteiger partial charge in [-0.15, -0.1) is 0 Å². The zero-order valence-corrected chi connectivity index (χ0v) is 12.3. The molecule has 0 aliphatic heterocycles. The van der Waals surface area contributed by atoms with Crippen LogP contribution in [0.5, 0.6) is 0 Å². The summed E-state index contributed by atoms with van der Waals surface area (Å²) < 4.78 is 0. The van der Waals surface area contributed by atoms with Crippen molar-refractivity contribution in [3.63, 3.8) is 0 Å². The summed E-state index contributed by atoms with van der Waals surface area (Å²) in [5.74, 6) is 0.712. The number of fused-ring (bicyclic) bond motifs is 1. The molecular formula is C17H16ClN3. The minimum atomic E-state index is 0.350. The van der Waals surface area contributed by atoms with E-state index in [0.29, 0.717) is 12.0 Å². The van der Waals surface area contributed by atoms with Gasteiger partial charge in [0.2, 0.25) is 0 Å². The SMILES string of the molecule is Clc1ccc(C(Nc2ccc3cn[nH]c3c2)C2CC2)cc1. The van der Waals surface area contributed by atoms with Gasteiger partial charge < -0.3 is 5.32 Å². The van der Waals surface area contributed by atoms with Crippen LogP contribution in [0.15, 0.2) is 48.7 Å². The van der Waals surface area contributed by atoms with Crippen molar-refractivity contribution in [2.75, 3.05) is 5.32 Å². The molecule has 1 aliphatic carbocycles. The number of hydrogen-bond acceptors (Lipinski definition) is 2. The molecule has 1 unspecified atom stereocenters. The molecule has 1 heterocycles.